The first-order valence-corrected chi connectivity index (χ1v) is 4.74. The summed E-state index contributed by atoms with van der Waals surface area (Å²) in [7, 11) is 0. The van der Waals surface area contributed by atoms with Crippen molar-refractivity contribution in [3.8, 4) is 0 Å². The van der Waals surface area contributed by atoms with Crippen LogP contribution in [0.1, 0.15) is 33.1 Å². The molecule has 0 aromatic heterocycles. The van der Waals surface area contributed by atoms with Gasteiger partial charge in [0.25, 0.3) is 0 Å². The lowest BCUT2D eigenvalue weighted by molar-refractivity contribution is -0.142. The summed E-state index contributed by atoms with van der Waals surface area (Å²) in [4.78, 5) is 10.5. The van der Waals surface area contributed by atoms with Crippen LogP contribution in [0, 0.1) is 5.92 Å². The Morgan fingerprint density at radius 1 is 1.47 bits per heavy atom. The number of hydrogen-bond donors (Lipinski definition) is 1. The van der Waals surface area contributed by atoms with E-state index in [9.17, 15) is 18.0 Å². The van der Waals surface area contributed by atoms with Crippen molar-refractivity contribution >= 4 is 5.97 Å². The Hall–Kier alpha value is -1.00. The van der Waals surface area contributed by atoms with Gasteiger partial charge >= 0.3 is 12.1 Å². The van der Waals surface area contributed by atoms with E-state index in [0.717, 1.165) is 0 Å². The highest BCUT2D eigenvalue weighted by molar-refractivity contribution is 5.85. The Kier molecular flexibility index (Phi) is 5.39. The zero-order chi connectivity index (χ0) is 12.1. The Morgan fingerprint density at radius 2 is 2.00 bits per heavy atom. The lowest BCUT2D eigenvalue weighted by Crippen LogP contribution is -2.14. The molecule has 15 heavy (non-hydrogen) atoms. The molecule has 0 aliphatic heterocycles. The van der Waals surface area contributed by atoms with Crippen LogP contribution in [-0.4, -0.2) is 17.3 Å². The third-order valence-corrected chi connectivity index (χ3v) is 1.98. The molecule has 0 aromatic rings. The van der Waals surface area contributed by atoms with Crippen LogP contribution in [-0.2, 0) is 4.79 Å². The fourth-order valence-electron chi connectivity index (χ4n) is 1.34. The zero-order valence-corrected chi connectivity index (χ0v) is 8.77. The summed E-state index contributed by atoms with van der Waals surface area (Å²) in [5.41, 5.74) is -0.0299. The van der Waals surface area contributed by atoms with Crippen LogP contribution in [0.4, 0.5) is 13.2 Å². The molecule has 0 saturated heterocycles. The predicted molar refractivity (Wildman–Crippen MR) is 50.5 cm³/mol. The van der Waals surface area contributed by atoms with Crippen molar-refractivity contribution in [2.24, 2.45) is 5.92 Å². The number of rotatable bonds is 5. The van der Waals surface area contributed by atoms with Crippen molar-refractivity contribution in [2.75, 3.05) is 0 Å². The summed E-state index contributed by atoms with van der Waals surface area (Å²) >= 11 is 0. The second kappa shape index (κ2) is 5.78. The Morgan fingerprint density at radius 3 is 2.33 bits per heavy atom. The van der Waals surface area contributed by atoms with Crippen molar-refractivity contribution in [1.82, 2.24) is 0 Å². The summed E-state index contributed by atoms with van der Waals surface area (Å²) in [5, 5.41) is 8.55. The number of carboxylic acids is 1. The van der Waals surface area contributed by atoms with Gasteiger partial charge in [-0.2, -0.15) is 13.2 Å². The number of halogens is 3. The summed E-state index contributed by atoms with van der Waals surface area (Å²) in [5.74, 6) is -1.90. The average molecular weight is 224 g/mol. The first kappa shape index (κ1) is 14.0. The van der Waals surface area contributed by atoms with Crippen LogP contribution in [0.15, 0.2) is 11.6 Å². The van der Waals surface area contributed by atoms with Gasteiger partial charge in [0.2, 0.25) is 0 Å². The van der Waals surface area contributed by atoms with E-state index in [-0.39, 0.29) is 5.57 Å². The molecule has 1 N–H and O–H groups in total. The standard InChI is InChI=1S/C10H15F3O2/c1-3-4-8(6-10(11,12)13)5-7(2)9(14)15/h5,8H,3-4,6H2,1-2H3,(H,14,15). The van der Waals surface area contributed by atoms with Crippen molar-refractivity contribution in [3.05, 3.63) is 11.6 Å². The van der Waals surface area contributed by atoms with E-state index in [1.807, 2.05) is 0 Å². The van der Waals surface area contributed by atoms with E-state index >= 15 is 0 Å². The van der Waals surface area contributed by atoms with E-state index < -0.39 is 24.5 Å². The SMILES string of the molecule is CCCC(C=C(C)C(=O)O)CC(F)(F)F. The number of alkyl halides is 3. The number of aliphatic carboxylic acids is 1. The van der Waals surface area contributed by atoms with Crippen LogP contribution in [0.5, 0.6) is 0 Å². The van der Waals surface area contributed by atoms with Gasteiger partial charge in [-0.05, 0) is 19.3 Å². The van der Waals surface area contributed by atoms with E-state index in [1.165, 1.54) is 13.0 Å². The van der Waals surface area contributed by atoms with Gasteiger partial charge < -0.3 is 5.11 Å². The van der Waals surface area contributed by atoms with E-state index in [1.54, 1.807) is 6.92 Å². The summed E-state index contributed by atoms with van der Waals surface area (Å²) < 4.78 is 36.3. The van der Waals surface area contributed by atoms with Crippen LogP contribution in [0.2, 0.25) is 0 Å². The van der Waals surface area contributed by atoms with Gasteiger partial charge in [-0.15, -0.1) is 0 Å². The number of carboxylic acid groups (broad SMARTS) is 1. The van der Waals surface area contributed by atoms with E-state index in [2.05, 4.69) is 0 Å². The van der Waals surface area contributed by atoms with Gasteiger partial charge in [0.1, 0.15) is 0 Å². The second-order valence-electron chi connectivity index (χ2n) is 3.52. The van der Waals surface area contributed by atoms with Crippen LogP contribution in [0.3, 0.4) is 0 Å². The zero-order valence-electron chi connectivity index (χ0n) is 8.77. The monoisotopic (exact) mass is 224 g/mol. The number of hydrogen-bond acceptors (Lipinski definition) is 1. The highest BCUT2D eigenvalue weighted by Crippen LogP contribution is 2.28. The Labute approximate surface area is 86.8 Å². The highest BCUT2D eigenvalue weighted by Gasteiger charge is 2.30. The molecule has 5 heteroatoms. The topological polar surface area (TPSA) is 37.3 Å². The molecular weight excluding hydrogens is 209 g/mol. The minimum absolute atomic E-state index is 0.0299. The number of allylic oxidation sites excluding steroid dienone is 1. The summed E-state index contributed by atoms with van der Waals surface area (Å²) in [6, 6.07) is 0. The second-order valence-corrected chi connectivity index (χ2v) is 3.52. The van der Waals surface area contributed by atoms with Crippen molar-refractivity contribution in [3.63, 3.8) is 0 Å². The van der Waals surface area contributed by atoms with Gasteiger partial charge in [-0.1, -0.05) is 19.4 Å². The minimum atomic E-state index is -4.24. The number of carbonyl (C=O) groups is 1. The molecule has 1 unspecified atom stereocenters. The maximum atomic E-state index is 12.1. The molecule has 0 spiro atoms. The molecule has 0 aliphatic carbocycles. The lowest BCUT2D eigenvalue weighted by atomic mass is 9.97. The normalized spacial score (nSPS) is 15.1. The van der Waals surface area contributed by atoms with Gasteiger partial charge in [0, 0.05) is 12.0 Å². The molecule has 0 saturated carbocycles. The fourth-order valence-corrected chi connectivity index (χ4v) is 1.34. The first-order chi connectivity index (χ1) is 6.76. The fraction of sp³-hybridized carbons (Fsp3) is 0.700. The smallest absolute Gasteiger partial charge is 0.389 e. The van der Waals surface area contributed by atoms with Gasteiger partial charge in [-0.25, -0.2) is 4.79 Å². The minimum Gasteiger partial charge on any atom is -0.478 e. The average Bonchev–Trinajstić information content (AvgIpc) is 2.00. The van der Waals surface area contributed by atoms with Crippen LogP contribution >= 0.6 is 0 Å². The van der Waals surface area contributed by atoms with Gasteiger partial charge in [-0.3, -0.25) is 0 Å². The van der Waals surface area contributed by atoms with Gasteiger partial charge in [0.15, 0.2) is 0 Å². The maximum absolute atomic E-state index is 12.1. The third-order valence-electron chi connectivity index (χ3n) is 1.98. The molecule has 0 heterocycles. The van der Waals surface area contributed by atoms with Crippen LogP contribution in [0.25, 0.3) is 0 Å². The summed E-state index contributed by atoms with van der Waals surface area (Å²) in [6.07, 6.45) is -3.05. The third kappa shape index (κ3) is 6.99. The lowest BCUT2D eigenvalue weighted by Gasteiger charge is -2.14. The predicted octanol–water partition coefficient (Wildman–Crippen LogP) is 3.39. The molecule has 0 aromatic carbocycles. The molecule has 0 aliphatic rings. The Balaban J connectivity index is 4.53. The van der Waals surface area contributed by atoms with E-state index in [0.29, 0.717) is 12.8 Å². The first-order valence-electron chi connectivity index (χ1n) is 4.74. The van der Waals surface area contributed by atoms with Crippen molar-refractivity contribution < 1.29 is 23.1 Å². The molecule has 88 valence electrons. The molecular formula is C10H15F3O2. The molecule has 0 amide bonds. The molecule has 0 bridgehead atoms. The van der Waals surface area contributed by atoms with E-state index in [4.69, 9.17) is 5.11 Å². The van der Waals surface area contributed by atoms with Crippen molar-refractivity contribution in [1.29, 1.82) is 0 Å². The molecule has 0 rings (SSSR count). The maximum Gasteiger partial charge on any atom is 0.389 e. The summed E-state index contributed by atoms with van der Waals surface area (Å²) in [6.45, 7) is 3.08. The molecule has 2 nitrogen and oxygen atoms in total. The van der Waals surface area contributed by atoms with Crippen molar-refractivity contribution in [2.45, 2.75) is 39.3 Å². The van der Waals surface area contributed by atoms with Gasteiger partial charge in [0.05, 0.1) is 0 Å². The quantitative estimate of drug-likeness (QED) is 0.727. The van der Waals surface area contributed by atoms with Crippen LogP contribution < -0.4 is 0 Å². The highest BCUT2D eigenvalue weighted by atomic mass is 19.4. The Bertz CT molecular complexity index is 244. The molecule has 0 fully saturated rings. The molecule has 0 radical (unpaired) electrons. The molecule has 1 atom stereocenters. The largest absolute Gasteiger partial charge is 0.478 e.